The van der Waals surface area contributed by atoms with Gasteiger partial charge in [-0.3, -0.25) is 9.59 Å². The summed E-state index contributed by atoms with van der Waals surface area (Å²) in [5.41, 5.74) is 13.2. The standard InChI is InChI=1S/C52H56B2F4N4O4/c1-9-33-29-59-49(37(33)11-3)43(63)27-45(65-53(55)56)51-41(15-7)39(13-5)47(61-51)35-23-19-31(20-24-35)17-18-32-21-25-36(26-22-32)48-40(14-6)42(16-8)52(62-48)46(66-54(57)58)28-44(64)50-38(12-4)34(10-2)30-60-50/h19-30,59-62H,9-16H2,1-8H3/b45-27-,46-28+. The summed E-state index contributed by atoms with van der Waals surface area (Å²) in [4.78, 5) is 39.8. The molecule has 0 unspecified atom stereocenters. The van der Waals surface area contributed by atoms with Gasteiger partial charge < -0.3 is 29.2 Å². The molecule has 0 amide bonds. The number of aromatic nitrogens is 4. The van der Waals surface area contributed by atoms with Gasteiger partial charge in [0.2, 0.25) is 11.6 Å². The molecule has 0 aliphatic rings. The van der Waals surface area contributed by atoms with Crippen molar-refractivity contribution in [2.75, 3.05) is 0 Å². The van der Waals surface area contributed by atoms with Crippen molar-refractivity contribution in [3.8, 4) is 34.4 Å². The summed E-state index contributed by atoms with van der Waals surface area (Å²) in [5.74, 6) is 5.12. The Hall–Kier alpha value is -6.61. The molecule has 0 fully saturated rings. The van der Waals surface area contributed by atoms with Gasteiger partial charge in [-0.2, -0.15) is 0 Å². The summed E-state index contributed by atoms with van der Waals surface area (Å²) in [6.07, 6.45) is 10.8. The number of H-pyrrole nitrogens is 4. The zero-order valence-electron chi connectivity index (χ0n) is 38.9. The number of ketones is 2. The number of benzene rings is 2. The largest absolute Gasteiger partial charge is 0.796 e. The third kappa shape index (κ3) is 10.4. The second-order valence-corrected chi connectivity index (χ2v) is 15.7. The Balaban J connectivity index is 1.27. The maximum Gasteiger partial charge on any atom is 0.796 e. The average Bonchev–Trinajstić information content (AvgIpc) is 4.12. The number of aryl methyl sites for hydroxylation is 2. The fraction of sp³-hybridized carbons (Fsp3) is 0.308. The fourth-order valence-electron chi connectivity index (χ4n) is 8.99. The van der Waals surface area contributed by atoms with Crippen LogP contribution >= 0.6 is 0 Å². The van der Waals surface area contributed by atoms with E-state index in [4.69, 9.17) is 9.31 Å². The van der Waals surface area contributed by atoms with Crippen LogP contribution in [0, 0.1) is 11.8 Å². The first kappa shape index (κ1) is 48.8. The Morgan fingerprint density at radius 2 is 0.818 bits per heavy atom. The second-order valence-electron chi connectivity index (χ2n) is 15.7. The number of hydrogen-bond donors (Lipinski definition) is 4. The molecule has 4 aromatic heterocycles. The Morgan fingerprint density at radius 1 is 0.485 bits per heavy atom. The average molecular weight is 899 g/mol. The highest BCUT2D eigenvalue weighted by atomic mass is 19.2. The van der Waals surface area contributed by atoms with Crippen LogP contribution in [-0.4, -0.2) is 46.4 Å². The minimum absolute atomic E-state index is 0.220. The molecule has 342 valence electrons. The number of hydrogen-bond acceptors (Lipinski definition) is 4. The van der Waals surface area contributed by atoms with E-state index in [1.54, 1.807) is 12.4 Å². The lowest BCUT2D eigenvalue weighted by Gasteiger charge is -2.10. The van der Waals surface area contributed by atoms with Crippen LogP contribution in [0.2, 0.25) is 0 Å². The number of allylic oxidation sites excluding steroid dienone is 2. The van der Waals surface area contributed by atoms with Crippen molar-refractivity contribution in [1.29, 1.82) is 0 Å². The molecule has 0 bridgehead atoms. The molecule has 4 N–H and O–H groups in total. The van der Waals surface area contributed by atoms with Crippen molar-refractivity contribution in [1.82, 2.24) is 19.9 Å². The lowest BCUT2D eigenvalue weighted by molar-refractivity contribution is 0.103. The molecule has 0 saturated carbocycles. The Kier molecular flexibility index (Phi) is 16.3. The van der Waals surface area contributed by atoms with E-state index in [-0.39, 0.29) is 11.5 Å². The predicted molar refractivity (Wildman–Crippen MR) is 258 cm³/mol. The highest BCUT2D eigenvalue weighted by Crippen LogP contribution is 2.36. The molecule has 0 radical (unpaired) electrons. The van der Waals surface area contributed by atoms with Gasteiger partial charge in [-0.25, -0.2) is 17.3 Å². The topological polar surface area (TPSA) is 116 Å². The molecule has 6 rings (SSSR count). The minimum atomic E-state index is -3.14. The molecule has 66 heavy (non-hydrogen) atoms. The van der Waals surface area contributed by atoms with Crippen molar-refractivity contribution < 1.29 is 36.2 Å². The molecule has 2 aromatic carbocycles. The van der Waals surface area contributed by atoms with Gasteiger partial charge in [0, 0.05) is 47.1 Å². The summed E-state index contributed by atoms with van der Waals surface area (Å²) in [7, 11) is -6.28. The Labute approximate surface area is 385 Å². The zero-order chi connectivity index (χ0) is 47.7. The minimum Gasteiger partial charge on any atom is -0.503 e. The first-order chi connectivity index (χ1) is 31.8. The molecular formula is C52H56B2F4N4O4. The molecule has 0 aliphatic heterocycles. The molecule has 0 aliphatic carbocycles. The quantitative estimate of drug-likeness (QED) is 0.0152. The normalized spacial score (nSPS) is 11.7. The third-order valence-electron chi connectivity index (χ3n) is 12.1. The molecule has 14 heteroatoms. The third-order valence-corrected chi connectivity index (χ3v) is 12.1. The van der Waals surface area contributed by atoms with E-state index in [0.29, 0.717) is 61.3 Å². The smallest absolute Gasteiger partial charge is 0.503 e. The molecular weight excluding hydrogens is 842 g/mol. The van der Waals surface area contributed by atoms with Crippen LogP contribution in [0.1, 0.15) is 143 Å². The lowest BCUT2D eigenvalue weighted by atomic mass is 9.98. The van der Waals surface area contributed by atoms with Crippen LogP contribution in [-0.2, 0) is 60.7 Å². The van der Waals surface area contributed by atoms with E-state index in [9.17, 15) is 26.9 Å². The van der Waals surface area contributed by atoms with Gasteiger partial charge in [-0.05, 0) is 131 Å². The van der Waals surface area contributed by atoms with Gasteiger partial charge in [-0.1, -0.05) is 91.5 Å². The van der Waals surface area contributed by atoms with Crippen LogP contribution in [0.3, 0.4) is 0 Å². The number of rotatable bonds is 20. The Bertz CT molecular complexity index is 2610. The van der Waals surface area contributed by atoms with Gasteiger partial charge in [0.15, 0.2) is 0 Å². The van der Waals surface area contributed by atoms with E-state index in [0.717, 1.165) is 103 Å². The van der Waals surface area contributed by atoms with E-state index >= 15 is 0 Å². The van der Waals surface area contributed by atoms with Gasteiger partial charge >= 0.3 is 14.9 Å². The number of nitrogens with one attached hydrogen (secondary N) is 4. The van der Waals surface area contributed by atoms with Gasteiger partial charge in [0.1, 0.15) is 11.5 Å². The van der Waals surface area contributed by atoms with Crippen LogP contribution in [0.5, 0.6) is 0 Å². The molecule has 0 spiro atoms. The van der Waals surface area contributed by atoms with Crippen molar-refractivity contribution in [2.45, 2.75) is 107 Å². The van der Waals surface area contributed by atoms with Crippen molar-refractivity contribution in [2.24, 2.45) is 0 Å². The zero-order valence-corrected chi connectivity index (χ0v) is 38.9. The monoisotopic (exact) mass is 898 g/mol. The maximum absolute atomic E-state index is 13.9. The van der Waals surface area contributed by atoms with Crippen LogP contribution in [0.25, 0.3) is 34.0 Å². The maximum atomic E-state index is 13.9. The molecule has 0 atom stereocenters. The molecule has 6 aromatic rings. The van der Waals surface area contributed by atoms with Gasteiger partial charge in [0.25, 0.3) is 0 Å². The SMILES string of the molecule is CCc1c[nH]c(C(=O)/C=C(\OB(F)F)c2[nH]c(-c3ccc(C#Cc4ccc(-c5[nH]c(/C(=C\C(=O)c6[nH]cc(CC)c6CC)OB(F)F)c(CC)c5CC)cc4)cc3)c(CC)c2CC)c1CC. The molecule has 0 saturated heterocycles. The number of carbonyl (C=O) groups is 2. The van der Waals surface area contributed by atoms with E-state index in [1.165, 1.54) is 0 Å². The first-order valence-electron chi connectivity index (χ1n) is 22.8. The highest BCUT2D eigenvalue weighted by Gasteiger charge is 2.29. The number of carbonyl (C=O) groups excluding carboxylic acids is 2. The van der Waals surface area contributed by atoms with E-state index in [2.05, 4.69) is 31.8 Å². The number of aromatic amines is 4. The van der Waals surface area contributed by atoms with Crippen LogP contribution < -0.4 is 0 Å². The van der Waals surface area contributed by atoms with Gasteiger partial charge in [-0.15, -0.1) is 0 Å². The van der Waals surface area contributed by atoms with E-state index in [1.807, 2.05) is 104 Å². The summed E-state index contributed by atoms with van der Waals surface area (Å²) in [6.45, 7) is 15.8. The van der Waals surface area contributed by atoms with Crippen molar-refractivity contribution in [3.63, 3.8) is 0 Å². The predicted octanol–water partition coefficient (Wildman–Crippen LogP) is 12.6. The lowest BCUT2D eigenvalue weighted by Crippen LogP contribution is -2.09. The molecule has 4 heterocycles. The van der Waals surface area contributed by atoms with Crippen molar-refractivity contribution in [3.05, 3.63) is 151 Å². The van der Waals surface area contributed by atoms with Crippen LogP contribution in [0.4, 0.5) is 17.3 Å². The Morgan fingerprint density at radius 3 is 1.11 bits per heavy atom. The second kappa shape index (κ2) is 22.0. The summed E-state index contributed by atoms with van der Waals surface area (Å²) >= 11 is 0. The summed E-state index contributed by atoms with van der Waals surface area (Å²) in [5, 5.41) is 0. The van der Waals surface area contributed by atoms with Gasteiger partial charge in [0.05, 0.1) is 22.8 Å². The highest BCUT2D eigenvalue weighted by molar-refractivity contribution is 6.36. The summed E-state index contributed by atoms with van der Waals surface area (Å²) in [6, 6.07) is 15.2. The van der Waals surface area contributed by atoms with Crippen molar-refractivity contribution >= 4 is 38.0 Å². The fourth-order valence-corrected chi connectivity index (χ4v) is 8.99. The first-order valence-corrected chi connectivity index (χ1v) is 22.8. The molecule has 8 nitrogen and oxygen atoms in total. The van der Waals surface area contributed by atoms with E-state index < -0.39 is 26.5 Å². The van der Waals surface area contributed by atoms with Crippen LogP contribution in [0.15, 0.2) is 73.1 Å². The number of halogens is 4. The summed E-state index contributed by atoms with van der Waals surface area (Å²) < 4.78 is 65.6.